The van der Waals surface area contributed by atoms with Gasteiger partial charge in [0, 0.05) is 58.7 Å². The van der Waals surface area contributed by atoms with Crippen LogP contribution >= 0.6 is 11.3 Å². The highest BCUT2D eigenvalue weighted by atomic mass is 32.1. The Kier molecular flexibility index (Phi) is 4.82. The normalized spacial score (nSPS) is 15.0. The van der Waals surface area contributed by atoms with Gasteiger partial charge in [0.15, 0.2) is 0 Å². The van der Waals surface area contributed by atoms with E-state index in [0.29, 0.717) is 0 Å². The van der Waals surface area contributed by atoms with Crippen LogP contribution < -0.4 is 0 Å². The fraction of sp³-hybridized carbons (Fsp3) is 0.364. The number of aromatic nitrogens is 2. The van der Waals surface area contributed by atoms with Crippen molar-refractivity contribution in [2.24, 2.45) is 0 Å². The molecule has 3 nitrogen and oxygen atoms in total. The van der Waals surface area contributed by atoms with E-state index in [9.17, 15) is 4.39 Å². The molecule has 140 valence electrons. The molecule has 0 amide bonds. The first-order valence-corrected chi connectivity index (χ1v) is 10.1. The van der Waals surface area contributed by atoms with Crippen LogP contribution in [-0.4, -0.2) is 21.4 Å². The molecule has 5 heteroatoms. The maximum Gasteiger partial charge on any atom is 0.133 e. The quantitative estimate of drug-likeness (QED) is 0.624. The summed E-state index contributed by atoms with van der Waals surface area (Å²) in [6.45, 7) is 9.28. The molecule has 0 aliphatic carbocycles. The fourth-order valence-corrected chi connectivity index (χ4v) is 4.38. The van der Waals surface area contributed by atoms with Crippen molar-refractivity contribution in [2.75, 3.05) is 6.54 Å². The van der Waals surface area contributed by atoms with Crippen molar-refractivity contribution in [3.05, 3.63) is 70.4 Å². The van der Waals surface area contributed by atoms with Gasteiger partial charge in [-0.3, -0.25) is 4.90 Å². The Hall–Kier alpha value is -2.11. The minimum absolute atomic E-state index is 0.0140. The van der Waals surface area contributed by atoms with Crippen molar-refractivity contribution >= 4 is 11.3 Å². The highest BCUT2D eigenvalue weighted by Gasteiger charge is 2.23. The van der Waals surface area contributed by atoms with E-state index in [-0.39, 0.29) is 11.2 Å². The minimum Gasteiger partial charge on any atom is -0.293 e. The summed E-state index contributed by atoms with van der Waals surface area (Å²) in [6, 6.07) is 11.0. The summed E-state index contributed by atoms with van der Waals surface area (Å²) < 4.78 is 13.1. The first kappa shape index (κ1) is 18.3. The number of thiophene rings is 1. The molecule has 1 aromatic carbocycles. The van der Waals surface area contributed by atoms with Crippen LogP contribution in [0.5, 0.6) is 0 Å². The summed E-state index contributed by atoms with van der Waals surface area (Å²) in [5, 5.41) is 0. The van der Waals surface area contributed by atoms with Crippen LogP contribution in [0.4, 0.5) is 4.39 Å². The second-order valence-corrected chi connectivity index (χ2v) is 9.32. The maximum atomic E-state index is 13.1. The summed E-state index contributed by atoms with van der Waals surface area (Å²) in [4.78, 5) is 14.4. The van der Waals surface area contributed by atoms with Crippen molar-refractivity contribution < 1.29 is 4.39 Å². The van der Waals surface area contributed by atoms with E-state index >= 15 is 0 Å². The molecular weight excluding hydrogens is 357 g/mol. The van der Waals surface area contributed by atoms with E-state index in [1.165, 1.54) is 33.1 Å². The summed E-state index contributed by atoms with van der Waals surface area (Å²) in [6.07, 6.45) is 2.98. The van der Waals surface area contributed by atoms with Gasteiger partial charge in [0.1, 0.15) is 11.6 Å². The fourth-order valence-electron chi connectivity index (χ4n) is 3.32. The van der Waals surface area contributed by atoms with E-state index in [2.05, 4.69) is 42.8 Å². The third-order valence-corrected chi connectivity index (χ3v) is 5.97. The zero-order valence-electron chi connectivity index (χ0n) is 16.0. The minimum atomic E-state index is -0.195. The number of rotatable bonds is 3. The lowest BCUT2D eigenvalue weighted by molar-refractivity contribution is 0.244. The van der Waals surface area contributed by atoms with Crippen molar-refractivity contribution in [1.29, 1.82) is 0 Å². The average Bonchev–Trinajstić information content (AvgIpc) is 3.09. The van der Waals surface area contributed by atoms with Gasteiger partial charge >= 0.3 is 0 Å². The van der Waals surface area contributed by atoms with Crippen LogP contribution in [0.3, 0.4) is 0 Å². The van der Waals surface area contributed by atoms with Crippen molar-refractivity contribution in [2.45, 2.75) is 45.7 Å². The molecule has 3 aromatic rings. The van der Waals surface area contributed by atoms with E-state index < -0.39 is 0 Å². The number of halogens is 1. The van der Waals surface area contributed by atoms with Gasteiger partial charge in [-0.2, -0.15) is 0 Å². The Bertz CT molecular complexity index is 941. The number of nitrogens with zero attached hydrogens (tertiary/aromatic N) is 3. The molecule has 1 aliphatic rings. The zero-order valence-corrected chi connectivity index (χ0v) is 16.8. The Morgan fingerprint density at radius 3 is 2.63 bits per heavy atom. The second-order valence-electron chi connectivity index (χ2n) is 8.15. The molecule has 0 N–H and O–H groups in total. The lowest BCUT2D eigenvalue weighted by Gasteiger charge is -2.28. The summed E-state index contributed by atoms with van der Waals surface area (Å²) in [5.41, 5.74) is 3.49. The molecule has 0 radical (unpaired) electrons. The van der Waals surface area contributed by atoms with Gasteiger partial charge in [0.25, 0.3) is 0 Å². The number of fused-ring (bicyclic) bond motifs is 1. The molecule has 0 bridgehead atoms. The Balaban J connectivity index is 1.45. The maximum absolute atomic E-state index is 13.1. The Morgan fingerprint density at radius 1 is 1.11 bits per heavy atom. The number of hydrogen-bond acceptors (Lipinski definition) is 4. The number of benzene rings is 1. The summed E-state index contributed by atoms with van der Waals surface area (Å²) >= 11 is 1.78. The lowest BCUT2D eigenvalue weighted by atomic mass is 9.95. The standard InChI is InChI=1S/C22H24FN3S/c1-22(2,3)21-24-12-16-13-26(11-10-19(16)25-21)14-18-8-9-20(27-18)15-4-6-17(23)7-5-15/h4-9,12H,10-11,13-14H2,1-3H3. The van der Waals surface area contributed by atoms with Gasteiger partial charge < -0.3 is 0 Å². The average molecular weight is 382 g/mol. The third kappa shape index (κ3) is 4.09. The molecular formula is C22H24FN3S. The molecule has 4 rings (SSSR count). The predicted molar refractivity (Wildman–Crippen MR) is 108 cm³/mol. The van der Waals surface area contributed by atoms with Gasteiger partial charge in [-0.05, 0) is 29.8 Å². The Labute approximate surface area is 163 Å². The molecule has 27 heavy (non-hydrogen) atoms. The molecule has 0 unspecified atom stereocenters. The van der Waals surface area contributed by atoms with Gasteiger partial charge in [0.2, 0.25) is 0 Å². The van der Waals surface area contributed by atoms with Crippen LogP contribution in [0.1, 0.15) is 42.7 Å². The number of hydrogen-bond donors (Lipinski definition) is 0. The monoisotopic (exact) mass is 381 g/mol. The van der Waals surface area contributed by atoms with Crippen molar-refractivity contribution in [3.8, 4) is 10.4 Å². The molecule has 0 spiro atoms. The van der Waals surface area contributed by atoms with Crippen LogP contribution in [0.25, 0.3) is 10.4 Å². The Morgan fingerprint density at radius 2 is 1.89 bits per heavy atom. The van der Waals surface area contributed by atoms with E-state index in [1.54, 1.807) is 11.3 Å². The third-order valence-electron chi connectivity index (χ3n) is 4.85. The van der Waals surface area contributed by atoms with Crippen LogP contribution in [-0.2, 0) is 24.9 Å². The second kappa shape index (κ2) is 7.13. The molecule has 0 atom stereocenters. The van der Waals surface area contributed by atoms with Gasteiger partial charge in [-0.1, -0.05) is 32.9 Å². The molecule has 0 saturated carbocycles. The van der Waals surface area contributed by atoms with Gasteiger partial charge in [0.05, 0.1) is 0 Å². The first-order valence-electron chi connectivity index (χ1n) is 9.31. The van der Waals surface area contributed by atoms with E-state index in [0.717, 1.165) is 37.4 Å². The molecule has 2 aromatic heterocycles. The molecule has 3 heterocycles. The summed E-state index contributed by atoms with van der Waals surface area (Å²) in [5.74, 6) is 0.733. The van der Waals surface area contributed by atoms with Gasteiger partial charge in [-0.25, -0.2) is 14.4 Å². The highest BCUT2D eigenvalue weighted by molar-refractivity contribution is 7.15. The largest absolute Gasteiger partial charge is 0.293 e. The highest BCUT2D eigenvalue weighted by Crippen LogP contribution is 2.30. The first-order chi connectivity index (χ1) is 12.9. The van der Waals surface area contributed by atoms with E-state index in [4.69, 9.17) is 4.98 Å². The van der Waals surface area contributed by atoms with E-state index in [1.807, 2.05) is 18.3 Å². The van der Waals surface area contributed by atoms with Crippen molar-refractivity contribution in [1.82, 2.24) is 14.9 Å². The molecule has 0 fully saturated rings. The van der Waals surface area contributed by atoms with Crippen molar-refractivity contribution in [3.63, 3.8) is 0 Å². The zero-order chi connectivity index (χ0) is 19.0. The van der Waals surface area contributed by atoms with Crippen LogP contribution in [0.15, 0.2) is 42.6 Å². The smallest absolute Gasteiger partial charge is 0.133 e. The molecule has 1 aliphatic heterocycles. The lowest BCUT2D eigenvalue weighted by Crippen LogP contribution is -2.31. The SMILES string of the molecule is CC(C)(C)c1ncc2c(n1)CCN(Cc1ccc(-c3ccc(F)cc3)s1)C2. The predicted octanol–water partition coefficient (Wildman–Crippen LogP) is 5.20. The van der Waals surface area contributed by atoms with Crippen LogP contribution in [0.2, 0.25) is 0 Å². The van der Waals surface area contributed by atoms with Crippen LogP contribution in [0, 0.1) is 5.82 Å². The summed E-state index contributed by atoms with van der Waals surface area (Å²) in [7, 11) is 0. The van der Waals surface area contributed by atoms with Gasteiger partial charge in [-0.15, -0.1) is 11.3 Å². The topological polar surface area (TPSA) is 29.0 Å². The molecule has 0 saturated heterocycles.